The molecule has 0 saturated carbocycles. The molecule has 0 aromatic carbocycles. The normalized spacial score (nSPS) is 21.1. The Morgan fingerprint density at radius 2 is 2.19 bits per heavy atom. The fourth-order valence-electron chi connectivity index (χ4n) is 2.22. The van der Waals surface area contributed by atoms with Gasteiger partial charge < -0.3 is 4.90 Å². The van der Waals surface area contributed by atoms with Gasteiger partial charge in [-0.25, -0.2) is 18.1 Å². The highest BCUT2D eigenvalue weighted by atomic mass is 32.2. The molecule has 1 aliphatic heterocycles. The fraction of sp³-hybridized carbons (Fsp3) is 0.538. The van der Waals surface area contributed by atoms with E-state index in [0.717, 1.165) is 19.6 Å². The second-order valence-corrected chi connectivity index (χ2v) is 7.01. The molecule has 2 heterocycles. The number of pyridine rings is 1. The third kappa shape index (κ3) is 3.98. The quantitative estimate of drug-likeness (QED) is 0.805. The summed E-state index contributed by atoms with van der Waals surface area (Å²) in [4.78, 5) is 8.20. The minimum absolute atomic E-state index is 0.0771. The summed E-state index contributed by atoms with van der Waals surface area (Å²) in [6.45, 7) is 3.08. The van der Waals surface area contributed by atoms with Gasteiger partial charge in [0, 0.05) is 38.4 Å². The standard InChI is InChI=1S/C13H19N5O2S/c1-17-5-6-18(2)12(10-17)8-16-21(19,20)13-4-3-11(7-14)15-9-13/h3-4,9,12,16H,5-6,8,10H2,1-2H3. The smallest absolute Gasteiger partial charge is 0.242 e. The summed E-state index contributed by atoms with van der Waals surface area (Å²) in [5.41, 5.74) is 0.197. The molecule has 0 aliphatic carbocycles. The van der Waals surface area contributed by atoms with Crippen LogP contribution in [-0.4, -0.2) is 69.5 Å². The van der Waals surface area contributed by atoms with Crippen molar-refractivity contribution in [1.82, 2.24) is 19.5 Å². The number of piperazine rings is 1. The van der Waals surface area contributed by atoms with Crippen LogP contribution in [0.1, 0.15) is 5.69 Å². The zero-order valence-corrected chi connectivity index (χ0v) is 13.0. The summed E-state index contributed by atoms with van der Waals surface area (Å²) in [5.74, 6) is 0. The molecule has 1 unspecified atom stereocenters. The Morgan fingerprint density at radius 3 is 2.81 bits per heavy atom. The molecule has 8 heteroatoms. The minimum Gasteiger partial charge on any atom is -0.303 e. The topological polar surface area (TPSA) is 89.3 Å². The van der Waals surface area contributed by atoms with Gasteiger partial charge in [-0.2, -0.15) is 5.26 Å². The second-order valence-electron chi connectivity index (χ2n) is 5.24. The molecule has 0 radical (unpaired) electrons. The van der Waals surface area contributed by atoms with E-state index in [4.69, 9.17) is 5.26 Å². The molecule has 114 valence electrons. The summed E-state index contributed by atoms with van der Waals surface area (Å²) >= 11 is 0. The van der Waals surface area contributed by atoms with Gasteiger partial charge >= 0.3 is 0 Å². The fourth-order valence-corrected chi connectivity index (χ4v) is 3.23. The monoisotopic (exact) mass is 309 g/mol. The second kappa shape index (κ2) is 6.49. The molecule has 21 heavy (non-hydrogen) atoms. The summed E-state index contributed by atoms with van der Waals surface area (Å²) in [6.07, 6.45) is 1.21. The minimum atomic E-state index is -3.59. The Kier molecular flexibility index (Phi) is 4.90. The number of hydrogen-bond acceptors (Lipinski definition) is 6. The third-order valence-electron chi connectivity index (χ3n) is 3.65. The highest BCUT2D eigenvalue weighted by Crippen LogP contribution is 2.09. The maximum Gasteiger partial charge on any atom is 0.242 e. The predicted molar refractivity (Wildman–Crippen MR) is 78.1 cm³/mol. The van der Waals surface area contributed by atoms with E-state index in [9.17, 15) is 8.42 Å². The molecule has 0 spiro atoms. The Hall–Kier alpha value is -1.53. The van der Waals surface area contributed by atoms with Crippen molar-refractivity contribution in [3.8, 4) is 6.07 Å². The molecule has 1 N–H and O–H groups in total. The SMILES string of the molecule is CN1CCN(C)C(CNS(=O)(=O)c2ccc(C#N)nc2)C1. The molecule has 1 saturated heterocycles. The van der Waals surface area contributed by atoms with Gasteiger partial charge in [0.05, 0.1) is 0 Å². The van der Waals surface area contributed by atoms with Gasteiger partial charge in [-0.05, 0) is 26.2 Å². The number of likely N-dealkylation sites (N-methyl/N-ethyl adjacent to an activating group) is 2. The number of nitrogens with one attached hydrogen (secondary N) is 1. The summed E-state index contributed by atoms with van der Waals surface area (Å²) in [5, 5.41) is 8.67. The van der Waals surface area contributed by atoms with Crippen LogP contribution in [-0.2, 0) is 10.0 Å². The van der Waals surface area contributed by atoms with Gasteiger partial charge in [0.2, 0.25) is 10.0 Å². The number of aromatic nitrogens is 1. The third-order valence-corrected chi connectivity index (χ3v) is 5.06. The highest BCUT2D eigenvalue weighted by molar-refractivity contribution is 7.89. The van der Waals surface area contributed by atoms with Crippen molar-refractivity contribution in [3.05, 3.63) is 24.0 Å². The van der Waals surface area contributed by atoms with Crippen LogP contribution in [0.5, 0.6) is 0 Å². The Balaban J connectivity index is 2.02. The van der Waals surface area contributed by atoms with Crippen LogP contribution in [0.25, 0.3) is 0 Å². The van der Waals surface area contributed by atoms with Gasteiger partial charge in [0.25, 0.3) is 0 Å². The van der Waals surface area contributed by atoms with E-state index in [2.05, 4.69) is 19.5 Å². The molecule has 2 rings (SSSR count). The highest BCUT2D eigenvalue weighted by Gasteiger charge is 2.24. The Labute approximate surface area is 125 Å². The Morgan fingerprint density at radius 1 is 1.43 bits per heavy atom. The molecule has 0 bridgehead atoms. The van der Waals surface area contributed by atoms with Crippen molar-refractivity contribution in [2.75, 3.05) is 40.3 Å². The van der Waals surface area contributed by atoms with Crippen molar-refractivity contribution < 1.29 is 8.42 Å². The van der Waals surface area contributed by atoms with Crippen molar-refractivity contribution in [2.24, 2.45) is 0 Å². The summed E-state index contributed by atoms with van der Waals surface area (Å²) in [6, 6.07) is 4.80. The van der Waals surface area contributed by atoms with Crippen molar-refractivity contribution in [3.63, 3.8) is 0 Å². The lowest BCUT2D eigenvalue weighted by Crippen LogP contribution is -2.54. The number of rotatable bonds is 4. The summed E-state index contributed by atoms with van der Waals surface area (Å²) < 4.78 is 27.0. The number of nitriles is 1. The largest absolute Gasteiger partial charge is 0.303 e. The van der Waals surface area contributed by atoms with Crippen molar-refractivity contribution in [2.45, 2.75) is 10.9 Å². The van der Waals surface area contributed by atoms with Gasteiger partial charge in [-0.15, -0.1) is 0 Å². The first kappa shape index (κ1) is 15.9. The lowest BCUT2D eigenvalue weighted by molar-refractivity contribution is 0.117. The molecule has 1 aliphatic rings. The average molecular weight is 309 g/mol. The first-order valence-corrected chi connectivity index (χ1v) is 8.15. The van der Waals surface area contributed by atoms with Crippen LogP contribution < -0.4 is 4.72 Å². The van der Waals surface area contributed by atoms with Crippen LogP contribution in [0.4, 0.5) is 0 Å². The van der Waals surface area contributed by atoms with E-state index >= 15 is 0 Å². The van der Waals surface area contributed by atoms with Crippen molar-refractivity contribution in [1.29, 1.82) is 5.26 Å². The molecule has 1 aromatic rings. The number of hydrogen-bond donors (Lipinski definition) is 1. The zero-order valence-electron chi connectivity index (χ0n) is 12.2. The van der Waals surface area contributed by atoms with Crippen molar-refractivity contribution >= 4 is 10.0 Å². The lowest BCUT2D eigenvalue weighted by Gasteiger charge is -2.37. The summed E-state index contributed by atoms with van der Waals surface area (Å²) in [7, 11) is 0.429. The Bertz CT molecular complexity index is 623. The van der Waals surface area contributed by atoms with Crippen LogP contribution >= 0.6 is 0 Å². The molecular formula is C13H19N5O2S. The van der Waals surface area contributed by atoms with Gasteiger partial charge in [0.1, 0.15) is 16.7 Å². The van der Waals surface area contributed by atoms with Gasteiger partial charge in [-0.3, -0.25) is 4.90 Å². The maximum atomic E-state index is 12.2. The molecule has 1 aromatic heterocycles. The lowest BCUT2D eigenvalue weighted by atomic mass is 10.2. The first-order chi connectivity index (χ1) is 9.92. The molecule has 0 amide bonds. The number of nitrogens with zero attached hydrogens (tertiary/aromatic N) is 4. The molecule has 1 atom stereocenters. The van der Waals surface area contributed by atoms with E-state index in [0.29, 0.717) is 6.54 Å². The first-order valence-electron chi connectivity index (χ1n) is 6.67. The molecule has 1 fully saturated rings. The van der Waals surface area contributed by atoms with E-state index in [1.165, 1.54) is 18.3 Å². The van der Waals surface area contributed by atoms with E-state index in [1.807, 2.05) is 20.2 Å². The molecule has 7 nitrogen and oxygen atoms in total. The van der Waals surface area contributed by atoms with Gasteiger partial charge in [0.15, 0.2) is 0 Å². The van der Waals surface area contributed by atoms with Gasteiger partial charge in [-0.1, -0.05) is 0 Å². The van der Waals surface area contributed by atoms with Crippen LogP contribution in [0, 0.1) is 11.3 Å². The van der Waals surface area contributed by atoms with Crippen LogP contribution in [0.15, 0.2) is 23.2 Å². The van der Waals surface area contributed by atoms with E-state index < -0.39 is 10.0 Å². The average Bonchev–Trinajstić information content (AvgIpc) is 2.48. The predicted octanol–water partition coefficient (Wildman–Crippen LogP) is -0.523. The van der Waals surface area contributed by atoms with E-state index in [1.54, 1.807) is 0 Å². The van der Waals surface area contributed by atoms with Crippen LogP contribution in [0.2, 0.25) is 0 Å². The molecular weight excluding hydrogens is 290 g/mol. The zero-order chi connectivity index (χ0) is 15.5. The number of sulfonamides is 1. The van der Waals surface area contributed by atoms with Crippen LogP contribution in [0.3, 0.4) is 0 Å². The van der Waals surface area contributed by atoms with E-state index in [-0.39, 0.29) is 16.6 Å². The maximum absolute atomic E-state index is 12.2.